The second-order valence-corrected chi connectivity index (χ2v) is 4.93. The summed E-state index contributed by atoms with van der Waals surface area (Å²) in [6.45, 7) is 2.10. The summed E-state index contributed by atoms with van der Waals surface area (Å²) in [5.41, 5.74) is 0.574. The molecule has 0 unspecified atom stereocenters. The summed E-state index contributed by atoms with van der Waals surface area (Å²) in [7, 11) is 0. The van der Waals surface area contributed by atoms with E-state index >= 15 is 0 Å². The molecule has 5 nitrogen and oxygen atoms in total. The predicted molar refractivity (Wildman–Crippen MR) is 78.6 cm³/mol. The van der Waals surface area contributed by atoms with E-state index in [9.17, 15) is 0 Å². The van der Waals surface area contributed by atoms with Gasteiger partial charge < -0.3 is 14.6 Å². The van der Waals surface area contributed by atoms with Gasteiger partial charge in [0, 0.05) is 13.1 Å². The van der Waals surface area contributed by atoms with Crippen LogP contribution in [0, 0.1) is 0 Å². The normalized spacial score (nSPS) is 18.6. The third-order valence-corrected chi connectivity index (χ3v) is 3.46. The Kier molecular flexibility index (Phi) is 5.23. The molecule has 1 aliphatic heterocycles. The van der Waals surface area contributed by atoms with E-state index in [1.165, 1.54) is 0 Å². The Morgan fingerprint density at radius 2 is 2.00 bits per heavy atom. The Morgan fingerprint density at radius 1 is 1.25 bits per heavy atom. The van der Waals surface area contributed by atoms with Gasteiger partial charge >= 0.3 is 0 Å². The summed E-state index contributed by atoms with van der Waals surface area (Å²) < 4.78 is 10.8. The molecule has 0 radical (unpaired) electrons. The zero-order valence-electron chi connectivity index (χ0n) is 10.3. The van der Waals surface area contributed by atoms with Crippen LogP contribution in [-0.4, -0.2) is 29.8 Å². The third-order valence-electron chi connectivity index (χ3n) is 2.83. The zero-order valence-corrected chi connectivity index (χ0v) is 12.6. The number of hydrogen-bond donors (Lipinski definition) is 1. The lowest BCUT2D eigenvalue weighted by Gasteiger charge is -2.19. The number of hydrogen-bond acceptors (Lipinski definition) is 5. The Hall–Kier alpha value is -0.850. The number of nitrogens with one attached hydrogen (secondary N) is 1. The molecule has 1 atom stereocenters. The van der Waals surface area contributed by atoms with Gasteiger partial charge in [-0.1, -0.05) is 34.4 Å². The van der Waals surface area contributed by atoms with E-state index < -0.39 is 0 Å². The lowest BCUT2D eigenvalue weighted by molar-refractivity contribution is 0.00755. The Bertz CT molecular complexity index is 565. The Labute approximate surface area is 132 Å². The molecule has 0 saturated carbocycles. The van der Waals surface area contributed by atoms with Crippen molar-refractivity contribution < 1.29 is 9.26 Å². The zero-order chi connectivity index (χ0) is 13.2. The number of halogens is 3. The van der Waals surface area contributed by atoms with Gasteiger partial charge in [0.15, 0.2) is 0 Å². The summed E-state index contributed by atoms with van der Waals surface area (Å²) in [5, 5.41) is 8.10. The molecule has 0 amide bonds. The Morgan fingerprint density at radius 3 is 2.65 bits per heavy atom. The highest BCUT2D eigenvalue weighted by atomic mass is 35.5. The SMILES string of the molecule is Cl.Clc1cccc(Cl)c1-c1noc([C@@H]2CNCCO2)n1. The molecule has 3 rings (SSSR count). The largest absolute Gasteiger partial charge is 0.366 e. The van der Waals surface area contributed by atoms with Crippen LogP contribution >= 0.6 is 35.6 Å². The predicted octanol–water partition coefficient (Wildman–Crippen LogP) is 3.13. The second kappa shape index (κ2) is 6.74. The highest BCUT2D eigenvalue weighted by molar-refractivity contribution is 6.38. The molecule has 1 N–H and O–H groups in total. The van der Waals surface area contributed by atoms with E-state index in [-0.39, 0.29) is 18.5 Å². The monoisotopic (exact) mass is 335 g/mol. The van der Waals surface area contributed by atoms with E-state index in [4.69, 9.17) is 32.5 Å². The number of benzene rings is 1. The summed E-state index contributed by atoms with van der Waals surface area (Å²) in [6.07, 6.45) is -0.226. The van der Waals surface area contributed by atoms with Crippen LogP contribution < -0.4 is 5.32 Å². The Balaban J connectivity index is 0.00000147. The lowest BCUT2D eigenvalue weighted by Crippen LogP contribution is -2.33. The van der Waals surface area contributed by atoms with Gasteiger partial charge in [0.05, 0.1) is 22.2 Å². The van der Waals surface area contributed by atoms with E-state index in [0.29, 0.717) is 40.5 Å². The van der Waals surface area contributed by atoms with Crippen LogP contribution in [0.4, 0.5) is 0 Å². The minimum atomic E-state index is -0.226. The summed E-state index contributed by atoms with van der Waals surface area (Å²) >= 11 is 12.2. The molecule has 0 aliphatic carbocycles. The standard InChI is InChI=1S/C12H11Cl2N3O2.ClH/c13-7-2-1-3-8(14)10(7)11-16-12(19-17-11)9-6-15-4-5-18-9;/h1-3,9,15H,4-6H2;1H/t9-;/m0./s1. The highest BCUT2D eigenvalue weighted by Gasteiger charge is 2.23. The van der Waals surface area contributed by atoms with Gasteiger partial charge in [0.1, 0.15) is 6.10 Å². The van der Waals surface area contributed by atoms with Crippen LogP contribution in [0.3, 0.4) is 0 Å². The fraction of sp³-hybridized carbons (Fsp3) is 0.333. The van der Waals surface area contributed by atoms with Crippen molar-refractivity contribution in [3.63, 3.8) is 0 Å². The van der Waals surface area contributed by atoms with Crippen LogP contribution in [0.5, 0.6) is 0 Å². The first-order valence-electron chi connectivity index (χ1n) is 5.86. The first kappa shape index (κ1) is 15.5. The molecule has 20 heavy (non-hydrogen) atoms. The van der Waals surface area contributed by atoms with Crippen LogP contribution in [0.25, 0.3) is 11.4 Å². The van der Waals surface area contributed by atoms with Crippen molar-refractivity contribution in [1.82, 2.24) is 15.5 Å². The molecule has 1 fully saturated rings. The van der Waals surface area contributed by atoms with E-state index in [2.05, 4.69) is 15.5 Å². The number of ether oxygens (including phenoxy) is 1. The van der Waals surface area contributed by atoms with Gasteiger partial charge in [-0.25, -0.2) is 0 Å². The van der Waals surface area contributed by atoms with E-state index in [0.717, 1.165) is 6.54 Å². The molecule has 0 spiro atoms. The van der Waals surface area contributed by atoms with Crippen molar-refractivity contribution in [3.05, 3.63) is 34.1 Å². The summed E-state index contributed by atoms with van der Waals surface area (Å²) in [4.78, 5) is 4.31. The second-order valence-electron chi connectivity index (χ2n) is 4.12. The van der Waals surface area contributed by atoms with Crippen LogP contribution in [0.1, 0.15) is 12.0 Å². The van der Waals surface area contributed by atoms with Gasteiger partial charge in [0.25, 0.3) is 5.89 Å². The molecule has 2 heterocycles. The molecule has 1 aliphatic rings. The number of morpholine rings is 1. The van der Waals surface area contributed by atoms with Crippen LogP contribution in [0.2, 0.25) is 10.0 Å². The molecule has 2 aromatic rings. The number of nitrogens with zero attached hydrogens (tertiary/aromatic N) is 2. The maximum Gasteiger partial charge on any atom is 0.257 e. The summed E-state index contributed by atoms with van der Waals surface area (Å²) in [6, 6.07) is 5.23. The van der Waals surface area contributed by atoms with Crippen molar-refractivity contribution in [1.29, 1.82) is 0 Å². The fourth-order valence-corrected chi connectivity index (χ4v) is 2.47. The van der Waals surface area contributed by atoms with E-state index in [1.54, 1.807) is 18.2 Å². The molecule has 1 aromatic heterocycles. The maximum atomic E-state index is 6.11. The highest BCUT2D eigenvalue weighted by Crippen LogP contribution is 2.33. The molecule has 1 saturated heterocycles. The topological polar surface area (TPSA) is 60.2 Å². The molecule has 1 aromatic carbocycles. The minimum Gasteiger partial charge on any atom is -0.366 e. The van der Waals surface area contributed by atoms with Crippen molar-refractivity contribution >= 4 is 35.6 Å². The van der Waals surface area contributed by atoms with Crippen molar-refractivity contribution in [2.75, 3.05) is 19.7 Å². The molecular formula is C12H12Cl3N3O2. The van der Waals surface area contributed by atoms with Crippen molar-refractivity contribution in [3.8, 4) is 11.4 Å². The third kappa shape index (κ3) is 3.07. The number of aromatic nitrogens is 2. The quantitative estimate of drug-likeness (QED) is 0.913. The van der Waals surface area contributed by atoms with E-state index in [1.807, 2.05) is 0 Å². The lowest BCUT2D eigenvalue weighted by atomic mass is 10.2. The van der Waals surface area contributed by atoms with Crippen LogP contribution in [-0.2, 0) is 4.74 Å². The van der Waals surface area contributed by atoms with Gasteiger partial charge in [-0.15, -0.1) is 12.4 Å². The summed E-state index contributed by atoms with van der Waals surface area (Å²) in [5.74, 6) is 0.804. The van der Waals surface area contributed by atoms with Gasteiger partial charge in [-0.05, 0) is 12.1 Å². The first-order valence-corrected chi connectivity index (χ1v) is 6.61. The molecule has 8 heteroatoms. The van der Waals surface area contributed by atoms with Crippen LogP contribution in [0.15, 0.2) is 22.7 Å². The average molecular weight is 337 g/mol. The first-order chi connectivity index (χ1) is 9.25. The minimum absolute atomic E-state index is 0. The van der Waals surface area contributed by atoms with Crippen molar-refractivity contribution in [2.45, 2.75) is 6.10 Å². The maximum absolute atomic E-state index is 6.11. The van der Waals surface area contributed by atoms with Crippen molar-refractivity contribution in [2.24, 2.45) is 0 Å². The van der Waals surface area contributed by atoms with Gasteiger partial charge in [0.2, 0.25) is 5.82 Å². The molecule has 108 valence electrons. The molecule has 0 bridgehead atoms. The van der Waals surface area contributed by atoms with Gasteiger partial charge in [-0.2, -0.15) is 4.98 Å². The fourth-order valence-electron chi connectivity index (χ4n) is 1.90. The number of rotatable bonds is 2. The van der Waals surface area contributed by atoms with Gasteiger partial charge in [-0.3, -0.25) is 0 Å². The average Bonchev–Trinajstić information content (AvgIpc) is 2.89. The molecular weight excluding hydrogens is 325 g/mol. The smallest absolute Gasteiger partial charge is 0.257 e.